The second-order valence-electron chi connectivity index (χ2n) is 3.58. The first-order chi connectivity index (χ1) is 9.52. The molecule has 0 spiro atoms. The van der Waals surface area contributed by atoms with Crippen LogP contribution in [0.2, 0.25) is 5.02 Å². The fraction of sp³-hybridized carbons (Fsp3) is 0.154. The number of halogens is 1. The molecule has 0 aliphatic heterocycles. The van der Waals surface area contributed by atoms with Crippen LogP contribution in [0.5, 0.6) is 5.75 Å². The van der Waals surface area contributed by atoms with Crippen molar-refractivity contribution in [2.75, 3.05) is 13.2 Å². The predicted molar refractivity (Wildman–Crippen MR) is 72.2 cm³/mol. The second kappa shape index (κ2) is 7.81. The summed E-state index contributed by atoms with van der Waals surface area (Å²) < 4.78 is 5.26. The average molecular weight is 295 g/mol. The number of nitriles is 1. The van der Waals surface area contributed by atoms with Gasteiger partial charge in [0.25, 0.3) is 5.91 Å². The summed E-state index contributed by atoms with van der Waals surface area (Å²) in [5.41, 5.74) is 0.438. The monoisotopic (exact) mass is 294 g/mol. The Labute approximate surface area is 120 Å². The molecule has 1 aromatic carbocycles. The number of benzene rings is 1. The SMILES string of the molecule is N#CCNC(=O)COc1ccc(Cl)cc1/C=C/C(=O)O. The summed E-state index contributed by atoms with van der Waals surface area (Å²) in [7, 11) is 0. The largest absolute Gasteiger partial charge is 0.483 e. The lowest BCUT2D eigenvalue weighted by Crippen LogP contribution is -2.29. The number of nitrogens with one attached hydrogen (secondary N) is 1. The minimum absolute atomic E-state index is 0.103. The first kappa shape index (κ1) is 15.5. The van der Waals surface area contributed by atoms with Crippen LogP contribution >= 0.6 is 11.6 Å². The van der Waals surface area contributed by atoms with Crippen molar-refractivity contribution in [2.45, 2.75) is 0 Å². The van der Waals surface area contributed by atoms with Gasteiger partial charge in [-0.25, -0.2) is 4.79 Å². The summed E-state index contributed by atoms with van der Waals surface area (Å²) in [5, 5.41) is 19.6. The van der Waals surface area contributed by atoms with Gasteiger partial charge >= 0.3 is 5.97 Å². The van der Waals surface area contributed by atoms with E-state index in [0.717, 1.165) is 6.08 Å². The lowest BCUT2D eigenvalue weighted by molar-refractivity contribution is -0.131. The van der Waals surface area contributed by atoms with E-state index >= 15 is 0 Å². The molecule has 1 rings (SSSR count). The van der Waals surface area contributed by atoms with E-state index in [4.69, 9.17) is 26.7 Å². The van der Waals surface area contributed by atoms with Crippen LogP contribution in [0.3, 0.4) is 0 Å². The molecule has 0 saturated heterocycles. The van der Waals surface area contributed by atoms with E-state index in [1.54, 1.807) is 12.1 Å². The molecule has 0 unspecified atom stereocenters. The Kier molecular flexibility index (Phi) is 6.07. The number of hydrogen-bond donors (Lipinski definition) is 2. The van der Waals surface area contributed by atoms with Gasteiger partial charge in [0.2, 0.25) is 0 Å². The van der Waals surface area contributed by atoms with Crippen molar-refractivity contribution >= 4 is 29.6 Å². The first-order valence-corrected chi connectivity index (χ1v) is 5.87. The molecule has 6 nitrogen and oxygen atoms in total. The van der Waals surface area contributed by atoms with Crippen molar-refractivity contribution in [2.24, 2.45) is 0 Å². The minimum atomic E-state index is -1.11. The number of ether oxygens (including phenoxy) is 1. The van der Waals surface area contributed by atoms with Gasteiger partial charge in [0.1, 0.15) is 12.3 Å². The van der Waals surface area contributed by atoms with Crippen LogP contribution in [-0.4, -0.2) is 30.1 Å². The molecule has 104 valence electrons. The molecule has 0 aromatic heterocycles. The summed E-state index contributed by atoms with van der Waals surface area (Å²) in [6, 6.07) is 6.37. The molecule has 0 aliphatic carbocycles. The molecular weight excluding hydrogens is 284 g/mol. The number of nitrogens with zero attached hydrogens (tertiary/aromatic N) is 1. The van der Waals surface area contributed by atoms with Crippen LogP contribution in [0.15, 0.2) is 24.3 Å². The summed E-state index contributed by atoms with van der Waals surface area (Å²) >= 11 is 5.81. The number of carboxylic acid groups (broad SMARTS) is 1. The van der Waals surface area contributed by atoms with E-state index in [9.17, 15) is 9.59 Å². The maximum Gasteiger partial charge on any atom is 0.328 e. The standard InChI is InChI=1S/C13H11ClN2O4/c14-10-2-3-11(9(7-10)1-4-13(18)19)20-8-12(17)16-6-5-15/h1-4,7H,6,8H2,(H,16,17)(H,18,19)/b4-1+. The third kappa shape index (κ3) is 5.42. The summed E-state index contributed by atoms with van der Waals surface area (Å²) in [6.07, 6.45) is 2.25. The van der Waals surface area contributed by atoms with Gasteiger partial charge in [0.15, 0.2) is 6.61 Å². The molecule has 2 N–H and O–H groups in total. The number of carbonyl (C=O) groups excluding carboxylic acids is 1. The second-order valence-corrected chi connectivity index (χ2v) is 4.01. The van der Waals surface area contributed by atoms with Crippen LogP contribution in [-0.2, 0) is 9.59 Å². The van der Waals surface area contributed by atoms with Gasteiger partial charge in [-0.1, -0.05) is 11.6 Å². The Hall–Kier alpha value is -2.52. The number of rotatable bonds is 6. The molecule has 0 radical (unpaired) electrons. The van der Waals surface area contributed by atoms with Crippen LogP contribution in [0.4, 0.5) is 0 Å². The molecule has 0 heterocycles. The van der Waals surface area contributed by atoms with Gasteiger partial charge in [0.05, 0.1) is 6.07 Å². The molecule has 0 fully saturated rings. The highest BCUT2D eigenvalue weighted by Crippen LogP contribution is 2.24. The lowest BCUT2D eigenvalue weighted by Gasteiger charge is -2.09. The normalized spacial score (nSPS) is 10.0. The van der Waals surface area contributed by atoms with Crippen molar-refractivity contribution in [3.63, 3.8) is 0 Å². The molecule has 0 bridgehead atoms. The van der Waals surface area contributed by atoms with Gasteiger partial charge < -0.3 is 15.2 Å². The average Bonchev–Trinajstić information content (AvgIpc) is 2.41. The number of carbonyl (C=O) groups is 2. The zero-order chi connectivity index (χ0) is 15.0. The minimum Gasteiger partial charge on any atom is -0.483 e. The molecule has 7 heteroatoms. The van der Waals surface area contributed by atoms with E-state index in [2.05, 4.69) is 5.32 Å². The number of amides is 1. The molecule has 1 amide bonds. The third-order valence-electron chi connectivity index (χ3n) is 2.10. The maximum absolute atomic E-state index is 11.3. The Morgan fingerprint density at radius 2 is 2.25 bits per heavy atom. The highest BCUT2D eigenvalue weighted by molar-refractivity contribution is 6.30. The highest BCUT2D eigenvalue weighted by atomic mass is 35.5. The van der Waals surface area contributed by atoms with Crippen LogP contribution in [0.25, 0.3) is 6.08 Å². The Bertz CT molecular complexity index is 578. The van der Waals surface area contributed by atoms with Gasteiger partial charge in [-0.2, -0.15) is 5.26 Å². The zero-order valence-corrected chi connectivity index (χ0v) is 11.1. The summed E-state index contributed by atoms with van der Waals surface area (Å²) in [5.74, 6) is -1.24. The topological polar surface area (TPSA) is 99.4 Å². The Morgan fingerprint density at radius 1 is 1.50 bits per heavy atom. The number of carboxylic acids is 1. The van der Waals surface area contributed by atoms with Crippen LogP contribution in [0.1, 0.15) is 5.56 Å². The fourth-order valence-electron chi connectivity index (χ4n) is 1.27. The van der Waals surface area contributed by atoms with Gasteiger partial charge in [-0.3, -0.25) is 4.79 Å². The van der Waals surface area contributed by atoms with E-state index in [0.29, 0.717) is 16.3 Å². The van der Waals surface area contributed by atoms with Gasteiger partial charge in [-0.15, -0.1) is 0 Å². The zero-order valence-electron chi connectivity index (χ0n) is 10.3. The van der Waals surface area contributed by atoms with Crippen molar-refractivity contribution in [1.82, 2.24) is 5.32 Å². The number of aliphatic carboxylic acids is 1. The first-order valence-electron chi connectivity index (χ1n) is 5.50. The van der Waals surface area contributed by atoms with E-state index in [1.165, 1.54) is 18.2 Å². The Balaban J connectivity index is 2.76. The van der Waals surface area contributed by atoms with Crippen molar-refractivity contribution in [3.05, 3.63) is 34.9 Å². The predicted octanol–water partition coefficient (Wildman–Crippen LogP) is 1.46. The van der Waals surface area contributed by atoms with E-state index < -0.39 is 11.9 Å². The van der Waals surface area contributed by atoms with Crippen molar-refractivity contribution in [3.8, 4) is 11.8 Å². The van der Waals surface area contributed by atoms with Crippen LogP contribution in [0, 0.1) is 11.3 Å². The number of hydrogen-bond acceptors (Lipinski definition) is 4. The maximum atomic E-state index is 11.3. The summed E-state index contributed by atoms with van der Waals surface area (Å²) in [4.78, 5) is 21.8. The molecule has 0 aliphatic rings. The third-order valence-corrected chi connectivity index (χ3v) is 2.34. The fourth-order valence-corrected chi connectivity index (χ4v) is 1.46. The highest BCUT2D eigenvalue weighted by Gasteiger charge is 2.06. The molecule has 20 heavy (non-hydrogen) atoms. The van der Waals surface area contributed by atoms with Gasteiger partial charge in [-0.05, 0) is 24.3 Å². The quantitative estimate of drug-likeness (QED) is 0.611. The van der Waals surface area contributed by atoms with E-state index in [-0.39, 0.29) is 13.2 Å². The van der Waals surface area contributed by atoms with Crippen LogP contribution < -0.4 is 10.1 Å². The Morgan fingerprint density at radius 3 is 2.90 bits per heavy atom. The van der Waals surface area contributed by atoms with Gasteiger partial charge in [0, 0.05) is 16.7 Å². The molecule has 0 saturated carbocycles. The molecule has 0 atom stereocenters. The lowest BCUT2D eigenvalue weighted by atomic mass is 10.2. The van der Waals surface area contributed by atoms with E-state index in [1.807, 2.05) is 0 Å². The molecule has 1 aromatic rings. The molecular formula is C13H11ClN2O4. The van der Waals surface area contributed by atoms with Crippen molar-refractivity contribution < 1.29 is 19.4 Å². The van der Waals surface area contributed by atoms with Crippen molar-refractivity contribution in [1.29, 1.82) is 5.26 Å². The smallest absolute Gasteiger partial charge is 0.328 e. The summed E-state index contributed by atoms with van der Waals surface area (Å²) in [6.45, 7) is -0.383.